The van der Waals surface area contributed by atoms with Crippen LogP contribution in [0, 0.1) is 5.92 Å². The average Bonchev–Trinajstić information content (AvgIpc) is 3.68. The molecule has 1 fully saturated rings. The molecule has 1 heterocycles. The van der Waals surface area contributed by atoms with Crippen molar-refractivity contribution in [3.63, 3.8) is 0 Å². The van der Waals surface area contributed by atoms with Crippen LogP contribution in [-0.2, 0) is 29.5 Å². The van der Waals surface area contributed by atoms with Gasteiger partial charge in [0.25, 0.3) is 10.0 Å². The smallest absolute Gasteiger partial charge is 0.343 e. The molecule has 0 spiro atoms. The molecule has 1 unspecified atom stereocenters. The monoisotopic (exact) mass is 509 g/mol. The molecular weight excluding hydrogens is 478 g/mol. The van der Waals surface area contributed by atoms with Gasteiger partial charge in [-0.2, -0.15) is 0 Å². The van der Waals surface area contributed by atoms with Crippen molar-refractivity contribution in [3.05, 3.63) is 87.0 Å². The van der Waals surface area contributed by atoms with Gasteiger partial charge in [0.15, 0.2) is 0 Å². The van der Waals surface area contributed by atoms with Crippen molar-refractivity contribution in [3.8, 4) is 5.75 Å². The lowest BCUT2D eigenvalue weighted by atomic mass is 9.85. The van der Waals surface area contributed by atoms with Crippen LogP contribution in [0.1, 0.15) is 72.5 Å². The first kappa shape index (κ1) is 24.6. The van der Waals surface area contributed by atoms with Gasteiger partial charge in [0.1, 0.15) is 11.5 Å². The Kier molecular flexibility index (Phi) is 6.90. The minimum absolute atomic E-state index is 0.0480. The van der Waals surface area contributed by atoms with E-state index in [0.29, 0.717) is 29.9 Å². The van der Waals surface area contributed by atoms with Crippen LogP contribution in [-0.4, -0.2) is 18.6 Å². The van der Waals surface area contributed by atoms with Gasteiger partial charge in [-0.05, 0) is 73.4 Å². The molecule has 0 aliphatic heterocycles. The van der Waals surface area contributed by atoms with E-state index in [9.17, 15) is 23.4 Å². The number of aliphatic hydroxyl groups excluding tert-OH is 1. The first-order valence-electron chi connectivity index (χ1n) is 12.6. The molecule has 0 saturated heterocycles. The third-order valence-electron chi connectivity index (χ3n) is 7.19. The van der Waals surface area contributed by atoms with Crippen molar-refractivity contribution in [2.45, 2.75) is 68.8 Å². The van der Waals surface area contributed by atoms with Gasteiger partial charge in [0.05, 0.1) is 17.1 Å². The van der Waals surface area contributed by atoms with Gasteiger partial charge in [-0.3, -0.25) is 4.72 Å². The number of hydrogen-bond acceptors (Lipinski definition) is 6. The molecule has 190 valence electrons. The summed E-state index contributed by atoms with van der Waals surface area (Å²) in [5, 5.41) is 20.7. The molecule has 1 aromatic heterocycles. The Hall–Kier alpha value is -3.10. The second-order valence-corrected chi connectivity index (χ2v) is 11.5. The first-order valence-corrected chi connectivity index (χ1v) is 14.1. The number of aromatic hydroxyl groups is 1. The van der Waals surface area contributed by atoms with Gasteiger partial charge in [-0.1, -0.05) is 37.1 Å². The summed E-state index contributed by atoms with van der Waals surface area (Å²) in [6.45, 7) is -0.255. The van der Waals surface area contributed by atoms with Crippen molar-refractivity contribution in [2.24, 2.45) is 5.92 Å². The molecule has 2 aromatic carbocycles. The van der Waals surface area contributed by atoms with Crippen LogP contribution in [0.2, 0.25) is 0 Å². The van der Waals surface area contributed by atoms with Gasteiger partial charge in [0.2, 0.25) is 0 Å². The molecular formula is C28H31NO6S. The fraction of sp³-hybridized carbons (Fsp3) is 0.393. The van der Waals surface area contributed by atoms with E-state index >= 15 is 0 Å². The lowest BCUT2D eigenvalue weighted by Gasteiger charge is -2.22. The zero-order valence-corrected chi connectivity index (χ0v) is 20.9. The van der Waals surface area contributed by atoms with Crippen LogP contribution >= 0.6 is 0 Å². The van der Waals surface area contributed by atoms with Crippen LogP contribution in [0.4, 0.5) is 5.69 Å². The number of anilines is 1. The van der Waals surface area contributed by atoms with Gasteiger partial charge >= 0.3 is 5.63 Å². The van der Waals surface area contributed by atoms with Crippen molar-refractivity contribution in [1.29, 1.82) is 0 Å². The van der Waals surface area contributed by atoms with Crippen molar-refractivity contribution >= 4 is 15.7 Å². The highest BCUT2D eigenvalue weighted by atomic mass is 32.2. The normalized spacial score (nSPS) is 17.0. The maximum atomic E-state index is 13.2. The first-order chi connectivity index (χ1) is 17.4. The lowest BCUT2D eigenvalue weighted by Crippen LogP contribution is -2.19. The molecule has 7 nitrogen and oxygen atoms in total. The predicted molar refractivity (Wildman–Crippen MR) is 137 cm³/mol. The number of aryl methyl sites for hydroxylation is 1. The van der Waals surface area contributed by atoms with Crippen LogP contribution in [0.3, 0.4) is 0 Å². The zero-order valence-electron chi connectivity index (χ0n) is 20.1. The summed E-state index contributed by atoms with van der Waals surface area (Å²) in [4.78, 5) is 13.2. The summed E-state index contributed by atoms with van der Waals surface area (Å²) in [5.74, 6) is 0.451. The number of sulfonamides is 1. The molecule has 3 aromatic rings. The van der Waals surface area contributed by atoms with Crippen molar-refractivity contribution < 1.29 is 23.0 Å². The van der Waals surface area contributed by atoms with Gasteiger partial charge in [-0.15, -0.1) is 0 Å². The minimum atomic E-state index is -3.88. The zero-order chi connectivity index (χ0) is 25.3. The maximum absolute atomic E-state index is 13.2. The third kappa shape index (κ3) is 5.06. The second kappa shape index (κ2) is 10.1. The molecule has 2 aliphatic rings. The number of nitrogens with one attached hydrogen (secondary N) is 1. The van der Waals surface area contributed by atoms with Crippen LogP contribution in [0.15, 0.2) is 62.6 Å². The Morgan fingerprint density at radius 3 is 2.50 bits per heavy atom. The molecule has 1 atom stereocenters. The highest BCUT2D eigenvalue weighted by molar-refractivity contribution is 7.92. The predicted octanol–water partition coefficient (Wildman–Crippen LogP) is 4.84. The highest BCUT2D eigenvalue weighted by Gasteiger charge is 2.38. The largest absolute Gasteiger partial charge is 0.507 e. The SMILES string of the molecule is O=c1oc2c(c(O)c1C(c1cccc(NS(=O)(=O)c3cccc(CO)c3)c1)C1CC1)CCCCCC2. The van der Waals surface area contributed by atoms with E-state index in [1.165, 1.54) is 12.1 Å². The Labute approximate surface area is 210 Å². The van der Waals surface area contributed by atoms with E-state index in [4.69, 9.17) is 4.42 Å². The Balaban J connectivity index is 1.51. The molecule has 36 heavy (non-hydrogen) atoms. The number of aliphatic hydroxyl groups is 1. The summed E-state index contributed by atoms with van der Waals surface area (Å²) in [6.07, 6.45) is 7.23. The fourth-order valence-electron chi connectivity index (χ4n) is 5.22. The molecule has 2 aliphatic carbocycles. The topological polar surface area (TPSA) is 117 Å². The van der Waals surface area contributed by atoms with E-state index in [-0.39, 0.29) is 34.7 Å². The van der Waals surface area contributed by atoms with Gasteiger partial charge < -0.3 is 14.6 Å². The van der Waals surface area contributed by atoms with Crippen molar-refractivity contribution in [1.82, 2.24) is 0 Å². The average molecular weight is 510 g/mol. The molecule has 0 amide bonds. The Bertz CT molecular complexity index is 1420. The van der Waals surface area contributed by atoms with E-state index in [0.717, 1.165) is 49.7 Å². The summed E-state index contributed by atoms with van der Waals surface area (Å²) in [5.41, 5.74) is 2.15. The van der Waals surface area contributed by atoms with Crippen LogP contribution in [0.25, 0.3) is 0 Å². The van der Waals surface area contributed by atoms with Crippen molar-refractivity contribution in [2.75, 3.05) is 4.72 Å². The number of benzene rings is 2. The molecule has 3 N–H and O–H groups in total. The standard InChI is InChI=1S/C28H31NO6S/c30-17-18-7-5-10-22(15-18)36(33,34)29-21-9-6-8-20(16-21)25(19-13-14-19)26-27(31)23-11-3-1-2-4-12-24(23)35-28(26)32/h5-10,15-16,19,25,29-31H,1-4,11-14,17H2. The summed E-state index contributed by atoms with van der Waals surface area (Å²) < 4.78 is 34.4. The summed E-state index contributed by atoms with van der Waals surface area (Å²) in [6, 6.07) is 13.1. The van der Waals surface area contributed by atoms with Crippen LogP contribution < -0.4 is 10.3 Å². The van der Waals surface area contributed by atoms with E-state index in [2.05, 4.69) is 4.72 Å². The van der Waals surface area contributed by atoms with E-state index < -0.39 is 15.6 Å². The molecule has 0 bridgehead atoms. The lowest BCUT2D eigenvalue weighted by molar-refractivity contribution is 0.281. The molecule has 0 radical (unpaired) electrons. The molecule has 8 heteroatoms. The second-order valence-electron chi connectivity index (χ2n) is 9.82. The molecule has 5 rings (SSSR count). The molecule has 1 saturated carbocycles. The third-order valence-corrected chi connectivity index (χ3v) is 8.57. The van der Waals surface area contributed by atoms with Gasteiger partial charge in [-0.25, -0.2) is 13.2 Å². The Morgan fingerprint density at radius 1 is 1.00 bits per heavy atom. The summed E-state index contributed by atoms with van der Waals surface area (Å²) >= 11 is 0. The Morgan fingerprint density at radius 2 is 1.75 bits per heavy atom. The fourth-order valence-corrected chi connectivity index (χ4v) is 6.34. The maximum Gasteiger partial charge on any atom is 0.343 e. The van der Waals surface area contributed by atoms with Crippen LogP contribution in [0.5, 0.6) is 5.75 Å². The number of rotatable bonds is 7. The minimum Gasteiger partial charge on any atom is -0.507 e. The number of fused-ring (bicyclic) bond motifs is 1. The number of hydrogen-bond donors (Lipinski definition) is 3. The van der Waals surface area contributed by atoms with Gasteiger partial charge in [0, 0.05) is 23.6 Å². The highest BCUT2D eigenvalue weighted by Crippen LogP contribution is 2.49. The quantitative estimate of drug-likeness (QED) is 0.420. The van der Waals surface area contributed by atoms with E-state index in [1.807, 2.05) is 6.07 Å². The summed E-state index contributed by atoms with van der Waals surface area (Å²) in [7, 11) is -3.88. The van der Waals surface area contributed by atoms with E-state index in [1.54, 1.807) is 30.3 Å².